The van der Waals surface area contributed by atoms with Crippen molar-refractivity contribution in [1.82, 2.24) is 9.21 Å². The Bertz CT molecular complexity index is 889. The molecule has 0 unspecified atom stereocenters. The Labute approximate surface area is 170 Å². The second kappa shape index (κ2) is 7.77. The van der Waals surface area contributed by atoms with Crippen molar-refractivity contribution < 1.29 is 27.3 Å². The smallest absolute Gasteiger partial charge is 0.243 e. The van der Waals surface area contributed by atoms with Gasteiger partial charge in [0.05, 0.1) is 36.5 Å². The van der Waals surface area contributed by atoms with Gasteiger partial charge in [-0.05, 0) is 37.1 Å². The molecule has 2 saturated heterocycles. The van der Waals surface area contributed by atoms with Gasteiger partial charge in [0.25, 0.3) is 0 Å². The number of quaternary nitrogens is 1. The largest absolute Gasteiger partial charge is 0.315 e. The van der Waals surface area contributed by atoms with Gasteiger partial charge in [-0.25, -0.2) is 17.7 Å². The number of piperazine rings is 1. The summed E-state index contributed by atoms with van der Waals surface area (Å²) < 4.78 is 39.9. The molecule has 1 saturated carbocycles. The summed E-state index contributed by atoms with van der Waals surface area (Å²) in [6.45, 7) is 1.95. The summed E-state index contributed by atoms with van der Waals surface area (Å²) in [5.41, 5.74) is -0.484. The third-order valence-corrected chi connectivity index (χ3v) is 8.48. The van der Waals surface area contributed by atoms with E-state index in [1.807, 2.05) is 0 Å². The van der Waals surface area contributed by atoms with E-state index >= 15 is 0 Å². The summed E-state index contributed by atoms with van der Waals surface area (Å²) in [5.74, 6) is -0.601. The van der Waals surface area contributed by atoms with Crippen LogP contribution in [-0.4, -0.2) is 62.3 Å². The van der Waals surface area contributed by atoms with Gasteiger partial charge in [-0.1, -0.05) is 19.3 Å². The molecule has 0 bridgehead atoms. The van der Waals surface area contributed by atoms with Gasteiger partial charge in [-0.3, -0.25) is 9.59 Å². The summed E-state index contributed by atoms with van der Waals surface area (Å²) in [4.78, 5) is 28.0. The number of nitrogens with one attached hydrogen (secondary N) is 1. The minimum absolute atomic E-state index is 0.0314. The van der Waals surface area contributed by atoms with Crippen molar-refractivity contribution in [3.05, 3.63) is 30.1 Å². The maximum Gasteiger partial charge on any atom is 0.243 e. The molecule has 3 fully saturated rings. The lowest BCUT2D eigenvalue weighted by Gasteiger charge is -2.34. The molecule has 7 nitrogen and oxygen atoms in total. The molecular formula is C20H27FN3O4S+. The molecule has 9 heteroatoms. The number of hydrogen-bond acceptors (Lipinski definition) is 4. The molecular weight excluding hydrogens is 397 g/mol. The molecule has 0 aromatic heterocycles. The Kier molecular flexibility index (Phi) is 5.48. The van der Waals surface area contributed by atoms with Crippen LogP contribution in [0.15, 0.2) is 29.2 Å². The van der Waals surface area contributed by atoms with Crippen LogP contribution in [0, 0.1) is 11.2 Å². The van der Waals surface area contributed by atoms with Gasteiger partial charge >= 0.3 is 0 Å². The Morgan fingerprint density at radius 1 is 1.00 bits per heavy atom. The van der Waals surface area contributed by atoms with Crippen molar-refractivity contribution >= 4 is 21.8 Å². The quantitative estimate of drug-likeness (QED) is 0.709. The predicted octanol–water partition coefficient (Wildman–Crippen LogP) is 0.382. The topological polar surface area (TPSA) is 79.2 Å². The lowest BCUT2D eigenvalue weighted by Crippen LogP contribution is -3.16. The van der Waals surface area contributed by atoms with Gasteiger partial charge in [0.2, 0.25) is 21.8 Å². The average Bonchev–Trinajstić information content (AvgIpc) is 2.93. The monoisotopic (exact) mass is 424 g/mol. The Hall–Kier alpha value is -1.84. The van der Waals surface area contributed by atoms with Crippen LogP contribution in [0.3, 0.4) is 0 Å². The molecule has 1 aliphatic carbocycles. The molecule has 158 valence electrons. The van der Waals surface area contributed by atoms with Crippen LogP contribution in [0.4, 0.5) is 4.39 Å². The SMILES string of the molecule is O=C1CC2(CCCCC2)C(=O)N1C[NH+]1CCN(S(=O)(=O)c2ccc(F)cc2)CC1. The number of amides is 2. The van der Waals surface area contributed by atoms with E-state index in [0.29, 0.717) is 39.3 Å². The molecule has 1 N–H and O–H groups in total. The van der Waals surface area contributed by atoms with E-state index in [0.717, 1.165) is 49.1 Å². The summed E-state index contributed by atoms with van der Waals surface area (Å²) >= 11 is 0. The molecule has 0 radical (unpaired) electrons. The van der Waals surface area contributed by atoms with Gasteiger partial charge in [-0.15, -0.1) is 0 Å². The van der Waals surface area contributed by atoms with Crippen molar-refractivity contribution in [3.8, 4) is 0 Å². The number of carbonyl (C=O) groups excluding carboxylic acids is 2. The first-order chi connectivity index (χ1) is 13.8. The zero-order valence-electron chi connectivity index (χ0n) is 16.4. The van der Waals surface area contributed by atoms with Crippen molar-refractivity contribution in [2.45, 2.75) is 43.4 Å². The fraction of sp³-hybridized carbons (Fsp3) is 0.600. The minimum Gasteiger partial charge on any atom is -0.315 e. The molecule has 4 rings (SSSR count). The summed E-state index contributed by atoms with van der Waals surface area (Å²) in [6.07, 6.45) is 5.04. The number of hydrogen-bond donors (Lipinski definition) is 1. The van der Waals surface area contributed by atoms with Gasteiger partial charge in [-0.2, -0.15) is 4.31 Å². The molecule has 2 amide bonds. The van der Waals surface area contributed by atoms with E-state index in [-0.39, 0.29) is 16.7 Å². The first-order valence-electron chi connectivity index (χ1n) is 10.3. The highest BCUT2D eigenvalue weighted by Crippen LogP contribution is 2.44. The maximum atomic E-state index is 13.1. The van der Waals surface area contributed by atoms with Crippen LogP contribution < -0.4 is 4.90 Å². The van der Waals surface area contributed by atoms with Crippen LogP contribution in [0.1, 0.15) is 38.5 Å². The summed E-state index contributed by atoms with van der Waals surface area (Å²) in [6, 6.07) is 4.82. The first-order valence-corrected chi connectivity index (χ1v) is 11.7. The van der Waals surface area contributed by atoms with Crippen LogP contribution in [0.2, 0.25) is 0 Å². The highest BCUT2D eigenvalue weighted by Gasteiger charge is 2.52. The highest BCUT2D eigenvalue weighted by atomic mass is 32.2. The van der Waals surface area contributed by atoms with Gasteiger partial charge in [0, 0.05) is 6.42 Å². The van der Waals surface area contributed by atoms with Gasteiger partial charge in [0.15, 0.2) is 6.67 Å². The van der Waals surface area contributed by atoms with Gasteiger partial charge < -0.3 is 4.90 Å². The molecule has 1 aromatic rings. The Balaban J connectivity index is 1.37. The maximum absolute atomic E-state index is 13.1. The van der Waals surface area contributed by atoms with Crippen molar-refractivity contribution in [3.63, 3.8) is 0 Å². The molecule has 2 heterocycles. The molecule has 3 aliphatic rings. The van der Waals surface area contributed by atoms with Crippen molar-refractivity contribution in [2.24, 2.45) is 5.41 Å². The fourth-order valence-electron chi connectivity index (χ4n) is 4.82. The van der Waals surface area contributed by atoms with E-state index in [1.165, 1.54) is 21.3 Å². The lowest BCUT2D eigenvalue weighted by atomic mass is 9.73. The van der Waals surface area contributed by atoms with Crippen LogP contribution >= 0.6 is 0 Å². The van der Waals surface area contributed by atoms with Crippen LogP contribution in [0.5, 0.6) is 0 Å². The van der Waals surface area contributed by atoms with Crippen molar-refractivity contribution in [2.75, 3.05) is 32.8 Å². The van der Waals surface area contributed by atoms with E-state index in [2.05, 4.69) is 0 Å². The number of carbonyl (C=O) groups is 2. The van der Waals surface area contributed by atoms with E-state index in [9.17, 15) is 22.4 Å². The second-order valence-electron chi connectivity index (χ2n) is 8.41. The molecule has 1 aromatic carbocycles. The Morgan fingerprint density at radius 2 is 1.62 bits per heavy atom. The number of imide groups is 1. The third-order valence-electron chi connectivity index (χ3n) is 6.56. The second-order valence-corrected chi connectivity index (χ2v) is 10.3. The lowest BCUT2D eigenvalue weighted by molar-refractivity contribution is -0.910. The number of rotatable bonds is 4. The molecule has 0 atom stereocenters. The minimum atomic E-state index is -3.67. The number of sulfonamides is 1. The van der Waals surface area contributed by atoms with E-state index in [1.54, 1.807) is 0 Å². The average molecular weight is 425 g/mol. The zero-order chi connectivity index (χ0) is 20.6. The number of likely N-dealkylation sites (tertiary alicyclic amines) is 1. The number of nitrogens with zero attached hydrogens (tertiary/aromatic N) is 2. The van der Waals surface area contributed by atoms with Gasteiger partial charge in [0.1, 0.15) is 5.82 Å². The normalized spacial score (nSPS) is 23.8. The standard InChI is InChI=1S/C20H26FN3O4S/c21-16-4-6-17(7-5-16)29(27,28)23-12-10-22(11-13-23)15-24-18(25)14-20(19(24)26)8-2-1-3-9-20/h4-7H,1-3,8-15H2/p+1. The van der Waals surface area contributed by atoms with E-state index < -0.39 is 21.3 Å². The molecule has 1 spiro atoms. The van der Waals surface area contributed by atoms with Crippen LogP contribution in [0.25, 0.3) is 0 Å². The molecule has 2 aliphatic heterocycles. The predicted molar refractivity (Wildman–Crippen MR) is 103 cm³/mol. The molecule has 29 heavy (non-hydrogen) atoms. The highest BCUT2D eigenvalue weighted by molar-refractivity contribution is 7.89. The van der Waals surface area contributed by atoms with Crippen LogP contribution in [-0.2, 0) is 19.6 Å². The number of benzene rings is 1. The first kappa shape index (κ1) is 20.4. The third kappa shape index (κ3) is 3.83. The zero-order valence-corrected chi connectivity index (χ0v) is 17.2. The number of halogens is 1. The van der Waals surface area contributed by atoms with E-state index in [4.69, 9.17) is 0 Å². The Morgan fingerprint density at radius 3 is 2.24 bits per heavy atom. The van der Waals surface area contributed by atoms with Crippen molar-refractivity contribution in [1.29, 1.82) is 0 Å². The summed E-state index contributed by atoms with van der Waals surface area (Å²) in [5, 5.41) is 0. The fourth-order valence-corrected chi connectivity index (χ4v) is 6.26. The summed E-state index contributed by atoms with van der Waals surface area (Å²) in [7, 11) is -3.67.